The molecule has 4 nitrogen and oxygen atoms in total. The highest BCUT2D eigenvalue weighted by Crippen LogP contribution is 2.29. The van der Waals surface area contributed by atoms with Crippen molar-refractivity contribution >= 4 is 33.9 Å². The molecule has 17 heavy (non-hydrogen) atoms. The molecule has 90 valence electrons. The zero-order valence-electron chi connectivity index (χ0n) is 9.75. The molecule has 2 N–H and O–H groups in total. The van der Waals surface area contributed by atoms with Crippen LogP contribution in [-0.4, -0.2) is 24.3 Å². The van der Waals surface area contributed by atoms with Gasteiger partial charge in [-0.05, 0) is 17.7 Å². The number of benzene rings is 1. The first kappa shape index (κ1) is 12.2. The minimum absolute atomic E-state index is 0.800. The van der Waals surface area contributed by atoms with Crippen LogP contribution in [0.4, 0.5) is 10.8 Å². The Bertz CT molecular complexity index is 496. The number of aromatic nitrogens is 2. The fourth-order valence-corrected chi connectivity index (χ4v) is 2.98. The lowest BCUT2D eigenvalue weighted by atomic mass is 10.2. The Labute approximate surface area is 109 Å². The van der Waals surface area contributed by atoms with Crippen LogP contribution in [0.2, 0.25) is 0 Å². The van der Waals surface area contributed by atoms with Crippen molar-refractivity contribution < 1.29 is 0 Å². The first-order valence-corrected chi connectivity index (χ1v) is 6.93. The summed E-state index contributed by atoms with van der Waals surface area (Å²) in [5.74, 6) is 0.868. The van der Waals surface area contributed by atoms with Gasteiger partial charge in [0.2, 0.25) is 5.13 Å². The van der Waals surface area contributed by atoms with Crippen LogP contribution >= 0.6 is 23.1 Å². The average molecular weight is 266 g/mol. The van der Waals surface area contributed by atoms with Crippen LogP contribution in [0.25, 0.3) is 0 Å². The molecule has 1 aromatic heterocycles. The van der Waals surface area contributed by atoms with Crippen LogP contribution in [0.15, 0.2) is 28.6 Å². The number of nitrogens with two attached hydrogens (primary N) is 1. The molecule has 0 saturated carbocycles. The van der Waals surface area contributed by atoms with Gasteiger partial charge in [0.05, 0.1) is 0 Å². The molecule has 0 radical (unpaired) electrons. The van der Waals surface area contributed by atoms with E-state index in [1.165, 1.54) is 5.56 Å². The first-order valence-electron chi connectivity index (χ1n) is 5.13. The Balaban J connectivity index is 1.97. The van der Waals surface area contributed by atoms with Gasteiger partial charge in [0.25, 0.3) is 0 Å². The van der Waals surface area contributed by atoms with E-state index in [0.29, 0.717) is 0 Å². The molecule has 0 aliphatic heterocycles. The van der Waals surface area contributed by atoms with Crippen molar-refractivity contribution in [3.8, 4) is 0 Å². The Morgan fingerprint density at radius 3 is 2.82 bits per heavy atom. The SMILES string of the molecule is CN(C)c1nnc(SCc2cccc(N)c2)s1. The van der Waals surface area contributed by atoms with Gasteiger partial charge in [-0.25, -0.2) is 0 Å². The Morgan fingerprint density at radius 1 is 1.35 bits per heavy atom. The summed E-state index contributed by atoms with van der Waals surface area (Å²) in [4.78, 5) is 1.96. The lowest BCUT2D eigenvalue weighted by molar-refractivity contribution is 0.972. The van der Waals surface area contributed by atoms with Crippen LogP contribution < -0.4 is 10.6 Å². The predicted octanol–water partition coefficient (Wildman–Crippen LogP) is 2.48. The van der Waals surface area contributed by atoms with Gasteiger partial charge < -0.3 is 10.6 Å². The zero-order valence-corrected chi connectivity index (χ0v) is 11.4. The Morgan fingerprint density at radius 2 is 2.18 bits per heavy atom. The summed E-state index contributed by atoms with van der Waals surface area (Å²) in [6.45, 7) is 0. The minimum atomic E-state index is 0.800. The van der Waals surface area contributed by atoms with E-state index in [4.69, 9.17) is 5.73 Å². The summed E-state index contributed by atoms with van der Waals surface area (Å²) < 4.78 is 0.983. The van der Waals surface area contributed by atoms with Gasteiger partial charge >= 0.3 is 0 Å². The van der Waals surface area contributed by atoms with E-state index in [1.54, 1.807) is 23.1 Å². The summed E-state index contributed by atoms with van der Waals surface area (Å²) in [6, 6.07) is 7.91. The molecule has 0 saturated heterocycles. The molecule has 0 bridgehead atoms. The highest BCUT2D eigenvalue weighted by molar-refractivity contribution is 8.00. The van der Waals surface area contributed by atoms with Crippen molar-refractivity contribution in [1.82, 2.24) is 10.2 Å². The molecule has 0 aliphatic rings. The fraction of sp³-hybridized carbons (Fsp3) is 0.273. The maximum absolute atomic E-state index is 5.73. The van der Waals surface area contributed by atoms with E-state index in [-0.39, 0.29) is 0 Å². The van der Waals surface area contributed by atoms with Crippen LogP contribution in [0.1, 0.15) is 5.56 Å². The molecule has 2 aromatic rings. The van der Waals surface area contributed by atoms with Gasteiger partial charge in [0, 0.05) is 25.5 Å². The molecule has 1 heterocycles. The summed E-state index contributed by atoms with van der Waals surface area (Å²) in [5.41, 5.74) is 7.74. The smallest absolute Gasteiger partial charge is 0.208 e. The fourth-order valence-electron chi connectivity index (χ4n) is 1.27. The number of rotatable bonds is 4. The average Bonchev–Trinajstić information content (AvgIpc) is 2.75. The van der Waals surface area contributed by atoms with Gasteiger partial charge in [-0.2, -0.15) is 0 Å². The van der Waals surface area contributed by atoms with E-state index < -0.39 is 0 Å². The molecule has 0 aliphatic carbocycles. The van der Waals surface area contributed by atoms with Crippen molar-refractivity contribution in [3.05, 3.63) is 29.8 Å². The monoisotopic (exact) mass is 266 g/mol. The van der Waals surface area contributed by atoms with Crippen LogP contribution in [-0.2, 0) is 5.75 Å². The standard InChI is InChI=1S/C11H14N4S2/c1-15(2)10-13-14-11(17-10)16-7-8-4-3-5-9(12)6-8/h3-6H,7,12H2,1-2H3. The summed E-state index contributed by atoms with van der Waals surface area (Å²) in [5, 5.41) is 9.16. The summed E-state index contributed by atoms with van der Waals surface area (Å²) >= 11 is 3.28. The Hall–Kier alpha value is -1.27. The van der Waals surface area contributed by atoms with E-state index in [0.717, 1.165) is 20.9 Å². The lowest BCUT2D eigenvalue weighted by Crippen LogP contribution is -2.07. The van der Waals surface area contributed by atoms with Crippen LogP contribution in [0.5, 0.6) is 0 Å². The maximum atomic E-state index is 5.73. The van der Waals surface area contributed by atoms with Gasteiger partial charge in [-0.1, -0.05) is 35.2 Å². The number of nitrogens with zero attached hydrogens (tertiary/aromatic N) is 3. The molecule has 6 heteroatoms. The van der Waals surface area contributed by atoms with Crippen molar-refractivity contribution in [2.24, 2.45) is 0 Å². The van der Waals surface area contributed by atoms with Crippen molar-refractivity contribution in [2.45, 2.75) is 10.1 Å². The minimum Gasteiger partial charge on any atom is -0.399 e. The number of anilines is 2. The number of thioether (sulfide) groups is 1. The third kappa shape index (κ3) is 3.34. The van der Waals surface area contributed by atoms with Crippen LogP contribution in [0.3, 0.4) is 0 Å². The third-order valence-corrected chi connectivity index (χ3v) is 4.39. The Kier molecular flexibility index (Phi) is 3.86. The van der Waals surface area contributed by atoms with Crippen molar-refractivity contribution in [1.29, 1.82) is 0 Å². The summed E-state index contributed by atoms with van der Waals surface area (Å²) in [6.07, 6.45) is 0. The molecule has 0 fully saturated rings. The topological polar surface area (TPSA) is 55.0 Å². The quantitative estimate of drug-likeness (QED) is 0.680. The van der Waals surface area contributed by atoms with E-state index in [2.05, 4.69) is 16.3 Å². The van der Waals surface area contributed by atoms with E-state index in [1.807, 2.05) is 37.2 Å². The van der Waals surface area contributed by atoms with E-state index in [9.17, 15) is 0 Å². The highest BCUT2D eigenvalue weighted by Gasteiger charge is 2.06. The molecular formula is C11H14N4S2. The maximum Gasteiger partial charge on any atom is 0.208 e. The number of hydrogen-bond donors (Lipinski definition) is 1. The molecular weight excluding hydrogens is 252 g/mol. The molecule has 2 rings (SSSR count). The van der Waals surface area contributed by atoms with Gasteiger partial charge in [-0.3, -0.25) is 0 Å². The molecule has 0 amide bonds. The summed E-state index contributed by atoms with van der Waals surface area (Å²) in [7, 11) is 3.93. The largest absolute Gasteiger partial charge is 0.399 e. The molecule has 0 spiro atoms. The molecule has 0 unspecified atom stereocenters. The first-order chi connectivity index (χ1) is 8.15. The van der Waals surface area contributed by atoms with Crippen molar-refractivity contribution in [3.63, 3.8) is 0 Å². The lowest BCUT2D eigenvalue weighted by Gasteiger charge is -2.03. The second-order valence-electron chi connectivity index (χ2n) is 3.78. The third-order valence-electron chi connectivity index (χ3n) is 2.09. The highest BCUT2D eigenvalue weighted by atomic mass is 32.2. The number of nitrogen functional groups attached to an aromatic ring is 1. The van der Waals surface area contributed by atoms with Crippen LogP contribution in [0, 0.1) is 0 Å². The second-order valence-corrected chi connectivity index (χ2v) is 5.96. The predicted molar refractivity (Wildman–Crippen MR) is 74.7 cm³/mol. The van der Waals surface area contributed by atoms with Gasteiger partial charge in [0.15, 0.2) is 4.34 Å². The molecule has 0 atom stereocenters. The second kappa shape index (κ2) is 5.37. The van der Waals surface area contributed by atoms with Gasteiger partial charge in [-0.15, -0.1) is 10.2 Å². The van der Waals surface area contributed by atoms with Gasteiger partial charge in [0.1, 0.15) is 0 Å². The van der Waals surface area contributed by atoms with Crippen molar-refractivity contribution in [2.75, 3.05) is 24.7 Å². The van der Waals surface area contributed by atoms with E-state index >= 15 is 0 Å². The number of hydrogen-bond acceptors (Lipinski definition) is 6. The normalized spacial score (nSPS) is 10.5. The zero-order chi connectivity index (χ0) is 12.3. The molecule has 1 aromatic carbocycles.